The quantitative estimate of drug-likeness (QED) is 0.779. The van der Waals surface area contributed by atoms with Gasteiger partial charge in [-0.25, -0.2) is 9.69 Å². The largest absolute Gasteiger partial charge is 0.443 e. The van der Waals surface area contributed by atoms with Gasteiger partial charge in [0.2, 0.25) is 5.91 Å². The van der Waals surface area contributed by atoms with Crippen LogP contribution in [0.1, 0.15) is 72.6 Å². The maximum Gasteiger partial charge on any atom is 0.417 e. The number of unbranched alkanes of at least 4 members (excludes halogenated alkanes) is 1. The van der Waals surface area contributed by atoms with Gasteiger partial charge in [0.15, 0.2) is 0 Å². The smallest absolute Gasteiger partial charge is 0.417 e. The van der Waals surface area contributed by atoms with Crippen LogP contribution in [0, 0.1) is 5.92 Å². The molecule has 1 aliphatic carbocycles. The SMILES string of the molecule is CCCCN(C(=O)OC(C)(C)C)C(=O)C1CCCCC1. The second kappa shape index (κ2) is 7.65. The number of amides is 2. The van der Waals surface area contributed by atoms with Crippen LogP contribution >= 0.6 is 0 Å². The number of hydrogen-bond donors (Lipinski definition) is 0. The minimum absolute atomic E-state index is 0.00752. The number of carbonyl (C=O) groups excluding carboxylic acids is 2. The Morgan fingerprint density at radius 2 is 1.75 bits per heavy atom. The lowest BCUT2D eigenvalue weighted by molar-refractivity contribution is -0.135. The summed E-state index contributed by atoms with van der Waals surface area (Å²) in [4.78, 5) is 26.1. The summed E-state index contributed by atoms with van der Waals surface area (Å²) in [6.45, 7) is 8.01. The second-order valence-electron chi connectivity index (χ2n) is 6.66. The number of imide groups is 1. The van der Waals surface area contributed by atoms with E-state index in [1.807, 2.05) is 20.8 Å². The molecule has 0 spiro atoms. The summed E-state index contributed by atoms with van der Waals surface area (Å²) >= 11 is 0. The molecule has 0 radical (unpaired) electrons. The minimum atomic E-state index is -0.561. The monoisotopic (exact) mass is 283 g/mol. The normalized spacial score (nSPS) is 16.8. The molecule has 0 N–H and O–H groups in total. The van der Waals surface area contributed by atoms with Crippen molar-refractivity contribution < 1.29 is 14.3 Å². The summed E-state index contributed by atoms with van der Waals surface area (Å²) in [7, 11) is 0. The van der Waals surface area contributed by atoms with Crippen LogP contribution in [-0.2, 0) is 9.53 Å². The van der Waals surface area contributed by atoms with Crippen LogP contribution in [0.15, 0.2) is 0 Å². The first-order valence-corrected chi connectivity index (χ1v) is 7.89. The number of carbonyl (C=O) groups is 2. The van der Waals surface area contributed by atoms with E-state index in [0.717, 1.165) is 38.5 Å². The van der Waals surface area contributed by atoms with Crippen LogP contribution in [0.5, 0.6) is 0 Å². The third-order valence-corrected chi connectivity index (χ3v) is 3.57. The number of ether oxygens (including phenoxy) is 1. The molecule has 0 saturated heterocycles. The molecule has 0 bridgehead atoms. The summed E-state index contributed by atoms with van der Waals surface area (Å²) < 4.78 is 5.38. The van der Waals surface area contributed by atoms with Crippen molar-refractivity contribution in [3.8, 4) is 0 Å². The van der Waals surface area contributed by atoms with Crippen molar-refractivity contribution in [3.05, 3.63) is 0 Å². The van der Waals surface area contributed by atoms with Crippen molar-refractivity contribution in [1.82, 2.24) is 4.90 Å². The van der Waals surface area contributed by atoms with Gasteiger partial charge in [0, 0.05) is 12.5 Å². The first-order chi connectivity index (χ1) is 9.35. The Balaban J connectivity index is 2.71. The molecule has 0 unspecified atom stereocenters. The molecule has 4 nitrogen and oxygen atoms in total. The molecule has 20 heavy (non-hydrogen) atoms. The molecule has 0 atom stereocenters. The summed E-state index contributed by atoms with van der Waals surface area (Å²) in [5.41, 5.74) is -0.561. The van der Waals surface area contributed by atoms with Crippen LogP contribution < -0.4 is 0 Å². The predicted molar refractivity (Wildman–Crippen MR) is 79.4 cm³/mol. The molecular weight excluding hydrogens is 254 g/mol. The summed E-state index contributed by atoms with van der Waals surface area (Å²) in [5.74, 6) is -0.0273. The highest BCUT2D eigenvalue weighted by Crippen LogP contribution is 2.26. The van der Waals surface area contributed by atoms with E-state index in [2.05, 4.69) is 6.92 Å². The van der Waals surface area contributed by atoms with Crippen molar-refractivity contribution in [2.45, 2.75) is 78.2 Å². The Morgan fingerprint density at radius 3 is 2.25 bits per heavy atom. The first-order valence-electron chi connectivity index (χ1n) is 7.89. The maximum absolute atomic E-state index is 12.6. The zero-order valence-corrected chi connectivity index (χ0v) is 13.4. The molecule has 0 aromatic carbocycles. The van der Waals surface area contributed by atoms with Gasteiger partial charge in [0.1, 0.15) is 5.60 Å². The fraction of sp³-hybridized carbons (Fsp3) is 0.875. The lowest BCUT2D eigenvalue weighted by Gasteiger charge is -2.30. The van der Waals surface area contributed by atoms with E-state index in [9.17, 15) is 9.59 Å². The van der Waals surface area contributed by atoms with Crippen LogP contribution in [0.25, 0.3) is 0 Å². The molecule has 0 aliphatic heterocycles. The van der Waals surface area contributed by atoms with Crippen molar-refractivity contribution in [2.24, 2.45) is 5.92 Å². The van der Waals surface area contributed by atoms with Gasteiger partial charge in [-0.3, -0.25) is 4.79 Å². The van der Waals surface area contributed by atoms with Crippen LogP contribution in [0.2, 0.25) is 0 Å². The highest BCUT2D eigenvalue weighted by Gasteiger charge is 2.32. The van der Waals surface area contributed by atoms with Crippen molar-refractivity contribution in [1.29, 1.82) is 0 Å². The Bertz CT molecular complexity index is 327. The minimum Gasteiger partial charge on any atom is -0.443 e. The van der Waals surface area contributed by atoms with E-state index in [1.165, 1.54) is 11.3 Å². The number of hydrogen-bond acceptors (Lipinski definition) is 3. The fourth-order valence-electron chi connectivity index (χ4n) is 2.49. The Labute approximate surface area is 122 Å². The Hall–Kier alpha value is -1.06. The third kappa shape index (κ3) is 5.51. The Morgan fingerprint density at radius 1 is 1.15 bits per heavy atom. The molecule has 1 rings (SSSR count). The van der Waals surface area contributed by atoms with Gasteiger partial charge < -0.3 is 4.74 Å². The van der Waals surface area contributed by atoms with E-state index in [-0.39, 0.29) is 11.8 Å². The van der Waals surface area contributed by atoms with E-state index >= 15 is 0 Å². The van der Waals surface area contributed by atoms with E-state index < -0.39 is 11.7 Å². The highest BCUT2D eigenvalue weighted by atomic mass is 16.6. The van der Waals surface area contributed by atoms with Crippen molar-refractivity contribution in [2.75, 3.05) is 6.54 Å². The molecular formula is C16H29NO3. The summed E-state index contributed by atoms with van der Waals surface area (Å²) in [6, 6.07) is 0. The molecule has 0 heterocycles. The molecule has 1 aliphatic rings. The molecule has 1 saturated carbocycles. The third-order valence-electron chi connectivity index (χ3n) is 3.57. The molecule has 2 amide bonds. The highest BCUT2D eigenvalue weighted by molar-refractivity contribution is 5.93. The summed E-state index contributed by atoms with van der Waals surface area (Å²) in [6.07, 6.45) is 6.49. The van der Waals surface area contributed by atoms with Crippen LogP contribution in [-0.4, -0.2) is 29.0 Å². The van der Waals surface area contributed by atoms with Crippen molar-refractivity contribution in [3.63, 3.8) is 0 Å². The lowest BCUT2D eigenvalue weighted by Crippen LogP contribution is -2.44. The van der Waals surface area contributed by atoms with Crippen LogP contribution in [0.3, 0.4) is 0 Å². The fourth-order valence-corrected chi connectivity index (χ4v) is 2.49. The first kappa shape index (κ1) is 17.0. The lowest BCUT2D eigenvalue weighted by atomic mass is 9.88. The zero-order valence-electron chi connectivity index (χ0n) is 13.4. The molecule has 4 heteroatoms. The maximum atomic E-state index is 12.6. The second-order valence-corrected chi connectivity index (χ2v) is 6.66. The van der Waals surface area contributed by atoms with Gasteiger partial charge in [0.25, 0.3) is 0 Å². The average molecular weight is 283 g/mol. The van der Waals surface area contributed by atoms with Gasteiger partial charge in [-0.05, 0) is 40.0 Å². The zero-order chi connectivity index (χ0) is 15.2. The molecule has 1 fully saturated rings. The average Bonchev–Trinajstić information content (AvgIpc) is 2.38. The number of nitrogens with zero attached hydrogens (tertiary/aromatic N) is 1. The molecule has 0 aromatic rings. The van der Waals surface area contributed by atoms with Gasteiger partial charge in [0.05, 0.1) is 0 Å². The molecule has 0 aromatic heterocycles. The number of rotatable bonds is 4. The van der Waals surface area contributed by atoms with E-state index in [4.69, 9.17) is 4.74 Å². The van der Waals surface area contributed by atoms with Gasteiger partial charge in [-0.15, -0.1) is 0 Å². The standard InChI is InChI=1S/C16H29NO3/c1-5-6-12-17(15(19)20-16(2,3)4)14(18)13-10-8-7-9-11-13/h13H,5-12H2,1-4H3. The summed E-state index contributed by atoms with van der Waals surface area (Å²) in [5, 5.41) is 0. The topological polar surface area (TPSA) is 46.6 Å². The van der Waals surface area contributed by atoms with Crippen molar-refractivity contribution >= 4 is 12.0 Å². The molecule has 116 valence electrons. The van der Waals surface area contributed by atoms with Crippen LogP contribution in [0.4, 0.5) is 4.79 Å². The Kier molecular flexibility index (Phi) is 6.50. The van der Waals surface area contributed by atoms with Gasteiger partial charge >= 0.3 is 6.09 Å². The predicted octanol–water partition coefficient (Wildman–Crippen LogP) is 4.13. The van der Waals surface area contributed by atoms with E-state index in [0.29, 0.717) is 6.54 Å². The van der Waals surface area contributed by atoms with Gasteiger partial charge in [-0.1, -0.05) is 32.6 Å². The van der Waals surface area contributed by atoms with Gasteiger partial charge in [-0.2, -0.15) is 0 Å². The van der Waals surface area contributed by atoms with E-state index in [1.54, 1.807) is 0 Å².